The Hall–Kier alpha value is -7.01. The highest BCUT2D eigenvalue weighted by atomic mass is 32.2. The SMILES string of the molecule is COc1nc2[nH]cc(F)c2cc1Oc1cc(N2CCC3(CC2)CC(N2CCN(Cc4cc(F)c(OC)c(F)c4)C[C@H]2c2ccccc2C(C)C)C3)ccc1C(=O)NS(=O)(=O)c1cnc(NCC2CCC(C)(O)CC2)c([N+](=O)[O-])c1. The molecule has 22 heteroatoms. The van der Waals surface area contributed by atoms with Gasteiger partial charge in [-0.2, -0.15) is 4.98 Å². The molecule has 4 aliphatic rings. The second-order valence-corrected chi connectivity index (χ2v) is 24.0. The van der Waals surface area contributed by atoms with Crippen molar-refractivity contribution < 1.29 is 50.6 Å². The number of anilines is 2. The normalized spacial score (nSPS) is 21.0. The number of piperidine rings is 1. The average Bonchev–Trinajstić information content (AvgIpc) is 3.97. The predicted octanol–water partition coefficient (Wildman–Crippen LogP) is 10.00. The quantitative estimate of drug-likeness (QED) is 0.0494. The maximum absolute atomic E-state index is 14.9. The zero-order valence-electron chi connectivity index (χ0n) is 44.9. The van der Waals surface area contributed by atoms with Crippen molar-refractivity contribution in [1.82, 2.24) is 29.5 Å². The van der Waals surface area contributed by atoms with Crippen molar-refractivity contribution >= 4 is 44.2 Å². The molecule has 18 nitrogen and oxygen atoms in total. The van der Waals surface area contributed by atoms with Crippen LogP contribution in [0.15, 0.2) is 84.0 Å². The number of nitro groups is 1. The summed E-state index contributed by atoms with van der Waals surface area (Å²) in [5.41, 5.74) is 2.44. The number of hydrogen-bond acceptors (Lipinski definition) is 15. The number of aliphatic hydroxyl groups is 1. The van der Waals surface area contributed by atoms with E-state index in [-0.39, 0.29) is 68.8 Å². The highest BCUT2D eigenvalue weighted by Crippen LogP contribution is 2.54. The number of carbonyl (C=O) groups is 1. The molecule has 1 amide bonds. The Balaban J connectivity index is 0.857. The number of amides is 1. The van der Waals surface area contributed by atoms with E-state index in [1.54, 1.807) is 19.1 Å². The monoisotopic (exact) mass is 1110 g/mol. The predicted molar refractivity (Wildman–Crippen MR) is 291 cm³/mol. The number of ether oxygens (including phenoxy) is 3. The molecule has 3 aromatic carbocycles. The van der Waals surface area contributed by atoms with Gasteiger partial charge in [0.05, 0.1) is 41.9 Å². The molecule has 1 spiro atoms. The second-order valence-electron chi connectivity index (χ2n) is 22.3. The number of sulfonamides is 1. The smallest absolute Gasteiger partial charge is 0.312 e. The minimum absolute atomic E-state index is 0.0417. The summed E-state index contributed by atoms with van der Waals surface area (Å²) < 4.78 is 91.1. The van der Waals surface area contributed by atoms with E-state index in [1.807, 2.05) is 4.72 Å². The van der Waals surface area contributed by atoms with Crippen molar-refractivity contribution in [3.05, 3.63) is 129 Å². The minimum Gasteiger partial charge on any atom is -0.491 e. The lowest BCUT2D eigenvalue weighted by Gasteiger charge is -2.58. The van der Waals surface area contributed by atoms with Crippen LogP contribution in [0.25, 0.3) is 11.0 Å². The fourth-order valence-electron chi connectivity index (χ4n) is 12.2. The number of aromatic nitrogens is 3. The van der Waals surface area contributed by atoms with Gasteiger partial charge in [0.25, 0.3) is 21.8 Å². The number of H-pyrrole nitrogens is 1. The van der Waals surface area contributed by atoms with Crippen molar-refractivity contribution in [3.63, 3.8) is 0 Å². The summed E-state index contributed by atoms with van der Waals surface area (Å²) in [5.74, 6) is -3.48. The van der Waals surface area contributed by atoms with Gasteiger partial charge < -0.3 is 34.5 Å². The molecule has 3 aromatic heterocycles. The molecular formula is C57H66F3N9O9S. The van der Waals surface area contributed by atoms with Gasteiger partial charge in [0.15, 0.2) is 23.1 Å². The zero-order valence-corrected chi connectivity index (χ0v) is 45.7. The molecule has 2 saturated heterocycles. The standard InChI is InChI=1S/C57H66F3N9O9S/c1-34(2)40-8-6-7-9-41(40)48-33-66(32-36-22-44(58)51(76-4)45(59)23-36)20-21-68(48)38-27-57(28-38)16-18-67(19-17-57)37-10-11-42(49(24-37)78-50-26-43-46(60)31-63-52(43)64-55(50)77-5)54(70)65-79(74,75)39-25-47(69(72)73)53(62-30-39)61-29-35-12-14-56(3,71)15-13-35/h6-11,22-26,30-31,34-35,38,48,71H,12-21,27-29,32-33H2,1-5H3,(H,61,62)(H,63,64)(H,65,70)/t35?,48-,56?/m0/s1. The molecule has 0 radical (unpaired) electrons. The van der Waals surface area contributed by atoms with E-state index in [0.717, 1.165) is 57.2 Å². The first-order chi connectivity index (χ1) is 37.7. The minimum atomic E-state index is -4.77. The fourth-order valence-corrected chi connectivity index (χ4v) is 13.1. The maximum atomic E-state index is 14.9. The molecule has 6 aromatic rings. The summed E-state index contributed by atoms with van der Waals surface area (Å²) in [7, 11) is -2.17. The number of piperazine rings is 1. The molecular weight excluding hydrogens is 1040 g/mol. The van der Waals surface area contributed by atoms with E-state index < -0.39 is 54.5 Å². The van der Waals surface area contributed by atoms with E-state index in [2.05, 4.69) is 73.1 Å². The molecule has 4 fully saturated rings. The van der Waals surface area contributed by atoms with Gasteiger partial charge in [-0.15, -0.1) is 0 Å². The van der Waals surface area contributed by atoms with Crippen LogP contribution >= 0.6 is 0 Å². The Kier molecular flexibility index (Phi) is 15.6. The number of benzene rings is 3. The number of rotatable bonds is 17. The van der Waals surface area contributed by atoms with Crippen LogP contribution in [-0.2, 0) is 16.6 Å². The Morgan fingerprint density at radius 1 is 0.937 bits per heavy atom. The van der Waals surface area contributed by atoms with Gasteiger partial charge in [-0.3, -0.25) is 24.7 Å². The molecule has 0 bridgehead atoms. The maximum Gasteiger partial charge on any atom is 0.312 e. The lowest BCUT2D eigenvalue weighted by Crippen LogP contribution is -2.60. The average molecular weight is 1110 g/mol. The van der Waals surface area contributed by atoms with Crippen LogP contribution in [0.3, 0.4) is 0 Å². The topological polar surface area (TPSA) is 218 Å². The Bertz CT molecular complexity index is 3350. The van der Waals surface area contributed by atoms with Crippen molar-refractivity contribution in [2.24, 2.45) is 11.3 Å². The van der Waals surface area contributed by atoms with Gasteiger partial charge in [0.2, 0.25) is 5.82 Å². The molecule has 10 rings (SSSR count). The molecule has 2 saturated carbocycles. The van der Waals surface area contributed by atoms with Crippen LogP contribution in [-0.4, -0.2) is 114 Å². The van der Waals surface area contributed by atoms with E-state index in [9.17, 15) is 41.6 Å². The third-order valence-electron chi connectivity index (χ3n) is 16.6. The van der Waals surface area contributed by atoms with Crippen LogP contribution < -0.4 is 29.1 Å². The number of methoxy groups -OCH3 is 2. The van der Waals surface area contributed by atoms with Gasteiger partial charge in [-0.1, -0.05) is 38.1 Å². The number of halogens is 3. The number of nitrogens with one attached hydrogen (secondary N) is 3. The zero-order chi connectivity index (χ0) is 56.0. The third-order valence-corrected chi connectivity index (χ3v) is 17.9. The molecule has 2 aliphatic heterocycles. The first kappa shape index (κ1) is 55.3. The summed E-state index contributed by atoms with van der Waals surface area (Å²) in [6, 6.07) is 18.6. The van der Waals surface area contributed by atoms with Crippen LogP contribution in [0.4, 0.5) is 30.4 Å². The van der Waals surface area contributed by atoms with Gasteiger partial charge >= 0.3 is 5.69 Å². The van der Waals surface area contributed by atoms with Crippen LogP contribution in [0, 0.1) is 38.9 Å². The number of fused-ring (bicyclic) bond motifs is 1. The molecule has 5 heterocycles. The summed E-state index contributed by atoms with van der Waals surface area (Å²) in [4.78, 5) is 43.3. The number of aromatic amines is 1. The number of nitrogens with zero attached hydrogens (tertiary/aromatic N) is 6. The van der Waals surface area contributed by atoms with Gasteiger partial charge in [0, 0.05) is 88.0 Å². The molecule has 2 aliphatic carbocycles. The summed E-state index contributed by atoms with van der Waals surface area (Å²) in [6.45, 7) is 10.4. The summed E-state index contributed by atoms with van der Waals surface area (Å²) in [5, 5.41) is 25.6. The molecule has 0 unspecified atom stereocenters. The van der Waals surface area contributed by atoms with Crippen molar-refractivity contribution in [2.45, 2.75) is 107 Å². The van der Waals surface area contributed by atoms with Crippen LogP contribution in [0.2, 0.25) is 0 Å². The number of hydrogen-bond donors (Lipinski definition) is 4. The molecule has 1 atom stereocenters. The lowest BCUT2D eigenvalue weighted by atomic mass is 9.59. The van der Waals surface area contributed by atoms with Crippen LogP contribution in [0.5, 0.6) is 23.1 Å². The van der Waals surface area contributed by atoms with E-state index in [0.29, 0.717) is 75.7 Å². The third kappa shape index (κ3) is 11.7. The van der Waals surface area contributed by atoms with Crippen molar-refractivity contribution in [1.29, 1.82) is 0 Å². The van der Waals surface area contributed by atoms with E-state index in [1.165, 1.54) is 49.6 Å². The molecule has 79 heavy (non-hydrogen) atoms. The molecule has 4 N–H and O–H groups in total. The van der Waals surface area contributed by atoms with Crippen LogP contribution in [0.1, 0.15) is 111 Å². The van der Waals surface area contributed by atoms with E-state index in [4.69, 9.17) is 14.2 Å². The second kappa shape index (κ2) is 22.3. The highest BCUT2D eigenvalue weighted by molar-refractivity contribution is 7.90. The molecule has 420 valence electrons. The van der Waals surface area contributed by atoms with Gasteiger partial charge in [-0.05, 0) is 116 Å². The fraction of sp³-hybridized carbons (Fsp3) is 0.456. The summed E-state index contributed by atoms with van der Waals surface area (Å²) in [6.07, 6.45) is 8.36. The number of pyridine rings is 2. The first-order valence-corrected chi connectivity index (χ1v) is 28.3. The van der Waals surface area contributed by atoms with Crippen molar-refractivity contribution in [3.8, 4) is 23.1 Å². The highest BCUT2D eigenvalue weighted by Gasteiger charge is 2.50. The van der Waals surface area contributed by atoms with E-state index >= 15 is 0 Å². The van der Waals surface area contributed by atoms with Gasteiger partial charge in [-0.25, -0.2) is 31.3 Å². The van der Waals surface area contributed by atoms with Crippen molar-refractivity contribution in [2.75, 3.05) is 63.7 Å². The number of carbonyl (C=O) groups excluding carboxylic acids is 1. The largest absolute Gasteiger partial charge is 0.491 e. The van der Waals surface area contributed by atoms with Gasteiger partial charge in [0.1, 0.15) is 22.1 Å². The Morgan fingerprint density at radius 2 is 1.66 bits per heavy atom. The lowest BCUT2D eigenvalue weighted by molar-refractivity contribution is -0.384. The Labute approximate surface area is 456 Å². The summed E-state index contributed by atoms with van der Waals surface area (Å²) >= 11 is 0. The Morgan fingerprint density at radius 3 is 2.34 bits per heavy atom. The first-order valence-electron chi connectivity index (χ1n) is 26.8.